The van der Waals surface area contributed by atoms with Crippen LogP contribution >= 0.6 is 12.4 Å². The second-order valence-electron chi connectivity index (χ2n) is 4.83. The molecule has 0 saturated carbocycles. The molecule has 0 bridgehead atoms. The first-order valence-corrected chi connectivity index (χ1v) is 6.21. The molecular formula is C13H13ClFN3O3. The van der Waals surface area contributed by atoms with Gasteiger partial charge in [-0.3, -0.25) is 9.59 Å². The minimum atomic E-state index is -0.913. The van der Waals surface area contributed by atoms with E-state index in [0.717, 1.165) is 6.07 Å². The largest absolute Gasteiger partial charge is 0.481 e. The molecule has 1 aromatic heterocycles. The summed E-state index contributed by atoms with van der Waals surface area (Å²) in [6.07, 6.45) is 1.81. The van der Waals surface area contributed by atoms with Crippen molar-refractivity contribution in [3.05, 3.63) is 29.8 Å². The number of hydrogen-bond donors (Lipinski definition) is 2. The fourth-order valence-corrected chi connectivity index (χ4v) is 2.49. The summed E-state index contributed by atoms with van der Waals surface area (Å²) in [7, 11) is 0. The van der Waals surface area contributed by atoms with E-state index >= 15 is 0 Å². The van der Waals surface area contributed by atoms with E-state index in [4.69, 9.17) is 5.11 Å². The van der Waals surface area contributed by atoms with Gasteiger partial charge in [0.1, 0.15) is 11.3 Å². The Balaban J connectivity index is 0.00000161. The lowest BCUT2D eigenvalue weighted by molar-refractivity contribution is -0.141. The van der Waals surface area contributed by atoms with Crippen molar-refractivity contribution in [1.82, 2.24) is 14.9 Å². The topological polar surface area (TPSA) is 86.3 Å². The first-order chi connectivity index (χ1) is 9.56. The van der Waals surface area contributed by atoms with Crippen LogP contribution in [-0.4, -0.2) is 44.9 Å². The number of rotatable bonds is 2. The summed E-state index contributed by atoms with van der Waals surface area (Å²) in [5.74, 6) is -2.38. The number of H-pyrrole nitrogens is 1. The molecule has 2 heterocycles. The standard InChI is InChI=1S/C13H12FN3O3.ClH/c14-8-3-9(11-10(4-8)15-6-16-11)12(18)17-2-1-7(5-17)13(19)20;/h3-4,6-7H,1-2,5H2,(H,15,16)(H,19,20);1H. The van der Waals surface area contributed by atoms with E-state index < -0.39 is 17.7 Å². The maximum absolute atomic E-state index is 13.5. The zero-order valence-electron chi connectivity index (χ0n) is 10.9. The highest BCUT2D eigenvalue weighted by Gasteiger charge is 2.32. The third-order valence-electron chi connectivity index (χ3n) is 3.54. The summed E-state index contributed by atoms with van der Waals surface area (Å²) in [4.78, 5) is 31.5. The molecule has 1 aliphatic rings. The molecule has 21 heavy (non-hydrogen) atoms. The third kappa shape index (κ3) is 2.69. The molecule has 2 aromatic rings. The summed E-state index contributed by atoms with van der Waals surface area (Å²) in [5.41, 5.74) is 1.00. The Morgan fingerprint density at radius 1 is 1.43 bits per heavy atom. The predicted octanol–water partition coefficient (Wildman–Crippen LogP) is 1.67. The number of nitrogens with one attached hydrogen (secondary N) is 1. The molecule has 8 heteroatoms. The lowest BCUT2D eigenvalue weighted by Crippen LogP contribution is -2.30. The Morgan fingerprint density at radius 3 is 2.86 bits per heavy atom. The number of carbonyl (C=O) groups is 2. The number of aromatic nitrogens is 2. The van der Waals surface area contributed by atoms with Crippen LogP contribution in [0.5, 0.6) is 0 Å². The second kappa shape index (κ2) is 5.69. The number of carbonyl (C=O) groups excluding carboxylic acids is 1. The van der Waals surface area contributed by atoms with Crippen LogP contribution < -0.4 is 0 Å². The summed E-state index contributed by atoms with van der Waals surface area (Å²) in [6, 6.07) is 2.41. The van der Waals surface area contributed by atoms with Crippen molar-refractivity contribution >= 4 is 35.3 Å². The minimum Gasteiger partial charge on any atom is -0.481 e. The molecule has 1 amide bonds. The van der Waals surface area contributed by atoms with Gasteiger partial charge in [-0.15, -0.1) is 12.4 Å². The number of imidazole rings is 1. The van der Waals surface area contributed by atoms with Crippen molar-refractivity contribution in [2.45, 2.75) is 6.42 Å². The lowest BCUT2D eigenvalue weighted by atomic mass is 10.1. The van der Waals surface area contributed by atoms with Crippen LogP contribution in [0.25, 0.3) is 11.0 Å². The van der Waals surface area contributed by atoms with Gasteiger partial charge in [0.25, 0.3) is 5.91 Å². The molecule has 3 rings (SSSR count). The van der Waals surface area contributed by atoms with Gasteiger partial charge < -0.3 is 15.0 Å². The first-order valence-electron chi connectivity index (χ1n) is 6.21. The van der Waals surface area contributed by atoms with Crippen molar-refractivity contribution in [1.29, 1.82) is 0 Å². The van der Waals surface area contributed by atoms with Gasteiger partial charge in [-0.2, -0.15) is 0 Å². The molecule has 1 aliphatic heterocycles. The maximum Gasteiger partial charge on any atom is 0.308 e. The normalized spacial score (nSPS) is 17.8. The summed E-state index contributed by atoms with van der Waals surface area (Å²) in [6.45, 7) is 0.509. The number of hydrogen-bond acceptors (Lipinski definition) is 3. The number of likely N-dealkylation sites (tertiary alicyclic amines) is 1. The fraction of sp³-hybridized carbons (Fsp3) is 0.308. The minimum absolute atomic E-state index is 0. The van der Waals surface area contributed by atoms with Crippen LogP contribution in [0.3, 0.4) is 0 Å². The molecule has 6 nitrogen and oxygen atoms in total. The highest BCUT2D eigenvalue weighted by atomic mass is 35.5. The van der Waals surface area contributed by atoms with Gasteiger partial charge in [-0.25, -0.2) is 9.37 Å². The van der Waals surface area contributed by atoms with Gasteiger partial charge in [0.05, 0.1) is 23.3 Å². The van der Waals surface area contributed by atoms with E-state index in [1.54, 1.807) is 0 Å². The van der Waals surface area contributed by atoms with Crippen molar-refractivity contribution in [3.63, 3.8) is 0 Å². The van der Waals surface area contributed by atoms with Gasteiger partial charge in [0, 0.05) is 13.1 Å². The molecule has 1 fully saturated rings. The van der Waals surface area contributed by atoms with Gasteiger partial charge in [-0.05, 0) is 18.6 Å². The first kappa shape index (κ1) is 15.2. The Bertz CT molecular complexity index is 703. The van der Waals surface area contributed by atoms with Crippen LogP contribution in [0, 0.1) is 11.7 Å². The van der Waals surface area contributed by atoms with Gasteiger partial charge in [-0.1, -0.05) is 0 Å². The van der Waals surface area contributed by atoms with Crippen LogP contribution in [0.2, 0.25) is 0 Å². The van der Waals surface area contributed by atoms with Gasteiger partial charge >= 0.3 is 5.97 Å². The zero-order chi connectivity index (χ0) is 14.3. The monoisotopic (exact) mass is 313 g/mol. The van der Waals surface area contributed by atoms with E-state index in [2.05, 4.69) is 9.97 Å². The fourth-order valence-electron chi connectivity index (χ4n) is 2.49. The van der Waals surface area contributed by atoms with E-state index in [1.165, 1.54) is 17.3 Å². The average Bonchev–Trinajstić information content (AvgIpc) is 3.05. The number of benzene rings is 1. The average molecular weight is 314 g/mol. The molecule has 1 unspecified atom stereocenters. The highest BCUT2D eigenvalue weighted by Crippen LogP contribution is 2.23. The molecule has 112 valence electrons. The van der Waals surface area contributed by atoms with E-state index in [0.29, 0.717) is 24.0 Å². The van der Waals surface area contributed by atoms with Gasteiger partial charge in [0.2, 0.25) is 0 Å². The van der Waals surface area contributed by atoms with Crippen LogP contribution in [-0.2, 0) is 4.79 Å². The van der Waals surface area contributed by atoms with Crippen molar-refractivity contribution in [2.24, 2.45) is 5.92 Å². The van der Waals surface area contributed by atoms with Gasteiger partial charge in [0.15, 0.2) is 0 Å². The lowest BCUT2D eigenvalue weighted by Gasteiger charge is -2.16. The predicted molar refractivity (Wildman–Crippen MR) is 74.9 cm³/mol. The van der Waals surface area contributed by atoms with Crippen LogP contribution in [0.4, 0.5) is 4.39 Å². The highest BCUT2D eigenvalue weighted by molar-refractivity contribution is 6.05. The molecule has 0 aliphatic carbocycles. The van der Waals surface area contributed by atoms with E-state index in [9.17, 15) is 14.0 Å². The number of carboxylic acids is 1. The quantitative estimate of drug-likeness (QED) is 0.883. The molecule has 1 atom stereocenters. The van der Waals surface area contributed by atoms with Crippen molar-refractivity contribution < 1.29 is 19.1 Å². The number of aromatic amines is 1. The Labute approximate surface area is 125 Å². The Morgan fingerprint density at radius 2 is 2.19 bits per heavy atom. The molecule has 2 N–H and O–H groups in total. The number of nitrogens with zero attached hydrogens (tertiary/aromatic N) is 2. The summed E-state index contributed by atoms with van der Waals surface area (Å²) < 4.78 is 13.5. The maximum atomic E-state index is 13.5. The molecule has 1 saturated heterocycles. The smallest absolute Gasteiger partial charge is 0.308 e. The molecule has 1 aromatic carbocycles. The van der Waals surface area contributed by atoms with E-state index in [-0.39, 0.29) is 30.4 Å². The summed E-state index contributed by atoms with van der Waals surface area (Å²) in [5, 5.41) is 8.95. The number of fused-ring (bicyclic) bond motifs is 1. The van der Waals surface area contributed by atoms with Crippen molar-refractivity contribution in [3.8, 4) is 0 Å². The number of aliphatic carboxylic acids is 1. The number of amides is 1. The number of halogens is 2. The Hall–Kier alpha value is -2.15. The molecule has 0 radical (unpaired) electrons. The SMILES string of the molecule is Cl.O=C(O)C1CCN(C(=O)c2cc(F)cc3[nH]cnc23)C1. The molecule has 0 spiro atoms. The van der Waals surface area contributed by atoms with Crippen LogP contribution in [0.15, 0.2) is 18.5 Å². The van der Waals surface area contributed by atoms with Crippen molar-refractivity contribution in [2.75, 3.05) is 13.1 Å². The Kier molecular flexibility index (Phi) is 4.13. The zero-order valence-corrected chi connectivity index (χ0v) is 11.7. The second-order valence-corrected chi connectivity index (χ2v) is 4.83. The molecular weight excluding hydrogens is 301 g/mol. The third-order valence-corrected chi connectivity index (χ3v) is 3.54. The number of carboxylic acid groups (broad SMARTS) is 1. The van der Waals surface area contributed by atoms with E-state index in [1.807, 2.05) is 0 Å². The van der Waals surface area contributed by atoms with Crippen LogP contribution in [0.1, 0.15) is 16.8 Å². The summed E-state index contributed by atoms with van der Waals surface area (Å²) >= 11 is 0.